The first-order valence-electron chi connectivity index (χ1n) is 9.56. The number of carbonyl (C=O) groups is 1. The minimum Gasteiger partial charge on any atom is -0.378 e. The van der Waals surface area contributed by atoms with Crippen LogP contribution in [0.15, 0.2) is 6.07 Å². The molecule has 1 atom stereocenters. The van der Waals surface area contributed by atoms with Crippen LogP contribution in [-0.4, -0.2) is 43.2 Å². The highest BCUT2D eigenvalue weighted by molar-refractivity contribution is 5.93. The van der Waals surface area contributed by atoms with Crippen molar-refractivity contribution in [3.8, 4) is 0 Å². The lowest BCUT2D eigenvalue weighted by Gasteiger charge is -2.33. The van der Waals surface area contributed by atoms with E-state index in [4.69, 9.17) is 9.72 Å². The molecule has 2 rings (SSSR count). The fourth-order valence-electron chi connectivity index (χ4n) is 3.63. The van der Waals surface area contributed by atoms with Gasteiger partial charge in [-0.1, -0.05) is 26.2 Å². The van der Waals surface area contributed by atoms with Crippen molar-refractivity contribution in [1.29, 1.82) is 0 Å². The van der Waals surface area contributed by atoms with Crippen LogP contribution in [0.2, 0.25) is 0 Å². The van der Waals surface area contributed by atoms with Crippen molar-refractivity contribution in [2.45, 2.75) is 66.3 Å². The molecule has 1 aromatic rings. The number of carbonyl (C=O) groups excluding carboxylic acids is 1. The molecule has 1 amide bonds. The van der Waals surface area contributed by atoms with Crippen LogP contribution in [0.4, 0.5) is 11.5 Å². The van der Waals surface area contributed by atoms with Crippen LogP contribution in [0.1, 0.15) is 57.7 Å². The van der Waals surface area contributed by atoms with Crippen molar-refractivity contribution in [2.75, 3.05) is 36.1 Å². The van der Waals surface area contributed by atoms with Crippen molar-refractivity contribution in [3.63, 3.8) is 0 Å². The zero-order valence-corrected chi connectivity index (χ0v) is 16.5. The molecule has 25 heavy (non-hydrogen) atoms. The van der Waals surface area contributed by atoms with E-state index in [-0.39, 0.29) is 11.9 Å². The molecule has 1 aliphatic heterocycles. The average molecular weight is 348 g/mol. The molecule has 0 aliphatic carbocycles. The summed E-state index contributed by atoms with van der Waals surface area (Å²) in [4.78, 5) is 21.4. The first-order valence-corrected chi connectivity index (χ1v) is 9.56. The van der Waals surface area contributed by atoms with Crippen LogP contribution in [0.3, 0.4) is 0 Å². The van der Waals surface area contributed by atoms with Crippen molar-refractivity contribution in [2.24, 2.45) is 0 Å². The molecule has 1 saturated heterocycles. The van der Waals surface area contributed by atoms with Gasteiger partial charge >= 0.3 is 0 Å². The second kappa shape index (κ2) is 9.18. The summed E-state index contributed by atoms with van der Waals surface area (Å²) in [6.45, 7) is 13.3. The zero-order chi connectivity index (χ0) is 18.4. The fourth-order valence-corrected chi connectivity index (χ4v) is 3.63. The highest BCUT2D eigenvalue weighted by atomic mass is 16.5. The number of amides is 1. The third kappa shape index (κ3) is 4.94. The molecule has 0 N–H and O–H groups in total. The number of anilines is 2. The second-order valence-electron chi connectivity index (χ2n) is 7.06. The summed E-state index contributed by atoms with van der Waals surface area (Å²) in [5.41, 5.74) is 3.03. The van der Waals surface area contributed by atoms with E-state index in [0.29, 0.717) is 0 Å². The Morgan fingerprint density at radius 3 is 2.56 bits per heavy atom. The summed E-state index contributed by atoms with van der Waals surface area (Å²) in [7, 11) is 0. The Morgan fingerprint density at radius 2 is 2.00 bits per heavy atom. The number of ether oxygens (including phenoxy) is 1. The van der Waals surface area contributed by atoms with Gasteiger partial charge in [-0.3, -0.25) is 4.79 Å². The SMILES string of the molecule is CCCCCC(C)N(C(C)=O)c1c(C)cc(N2CCOCC2)nc1C. The Hall–Kier alpha value is -1.62. The van der Waals surface area contributed by atoms with Gasteiger partial charge in [-0.2, -0.15) is 0 Å². The van der Waals surface area contributed by atoms with Crippen LogP contribution in [0.5, 0.6) is 0 Å². The molecule has 1 aliphatic rings. The minimum absolute atomic E-state index is 0.0936. The molecular weight excluding hydrogens is 314 g/mol. The molecule has 0 bridgehead atoms. The highest BCUT2D eigenvalue weighted by Crippen LogP contribution is 2.30. The predicted octanol–water partition coefficient (Wildman–Crippen LogP) is 3.86. The molecule has 0 spiro atoms. The summed E-state index contributed by atoms with van der Waals surface area (Å²) in [5, 5.41) is 0. The molecule has 1 unspecified atom stereocenters. The van der Waals surface area contributed by atoms with Gasteiger partial charge in [0, 0.05) is 26.1 Å². The first-order chi connectivity index (χ1) is 12.0. The van der Waals surface area contributed by atoms with E-state index >= 15 is 0 Å². The zero-order valence-electron chi connectivity index (χ0n) is 16.5. The lowest BCUT2D eigenvalue weighted by atomic mass is 10.1. The number of unbranched alkanes of at least 4 members (excludes halogenated alkanes) is 2. The maximum atomic E-state index is 12.4. The highest BCUT2D eigenvalue weighted by Gasteiger charge is 2.24. The van der Waals surface area contributed by atoms with E-state index in [0.717, 1.165) is 61.9 Å². The van der Waals surface area contributed by atoms with Gasteiger partial charge in [0.1, 0.15) is 5.82 Å². The standard InChI is InChI=1S/C20H33N3O2/c1-6-7-8-9-16(3)23(18(5)24)20-15(2)14-19(21-17(20)4)22-10-12-25-13-11-22/h14,16H,6-13H2,1-5H3. The van der Waals surface area contributed by atoms with Crippen LogP contribution in [-0.2, 0) is 9.53 Å². The summed E-state index contributed by atoms with van der Waals surface area (Å²) in [6, 6.07) is 2.31. The summed E-state index contributed by atoms with van der Waals surface area (Å²) < 4.78 is 5.43. The van der Waals surface area contributed by atoms with Crippen LogP contribution in [0.25, 0.3) is 0 Å². The smallest absolute Gasteiger partial charge is 0.224 e. The fraction of sp³-hybridized carbons (Fsp3) is 0.700. The summed E-state index contributed by atoms with van der Waals surface area (Å²) in [5.74, 6) is 1.08. The number of morpholine rings is 1. The summed E-state index contributed by atoms with van der Waals surface area (Å²) >= 11 is 0. The number of rotatable bonds is 7. The topological polar surface area (TPSA) is 45.7 Å². The van der Waals surface area contributed by atoms with Crippen molar-refractivity contribution < 1.29 is 9.53 Å². The number of nitrogens with zero attached hydrogens (tertiary/aromatic N) is 3. The van der Waals surface area contributed by atoms with Gasteiger partial charge in [0.05, 0.1) is 24.6 Å². The molecule has 2 heterocycles. The third-order valence-corrected chi connectivity index (χ3v) is 4.93. The molecule has 1 aromatic heterocycles. The molecule has 140 valence electrons. The van der Waals surface area contributed by atoms with Gasteiger partial charge in [-0.25, -0.2) is 4.98 Å². The van der Waals surface area contributed by atoms with Crippen molar-refractivity contribution in [3.05, 3.63) is 17.3 Å². The van der Waals surface area contributed by atoms with Gasteiger partial charge in [0.15, 0.2) is 0 Å². The molecule has 0 saturated carbocycles. The maximum absolute atomic E-state index is 12.4. The van der Waals surface area contributed by atoms with Gasteiger partial charge in [0.2, 0.25) is 5.91 Å². The third-order valence-electron chi connectivity index (χ3n) is 4.93. The second-order valence-corrected chi connectivity index (χ2v) is 7.06. The van der Waals surface area contributed by atoms with Gasteiger partial charge < -0.3 is 14.5 Å². The molecule has 5 nitrogen and oxygen atoms in total. The number of aryl methyl sites for hydroxylation is 2. The number of pyridine rings is 1. The van der Waals surface area contributed by atoms with Crippen LogP contribution in [0, 0.1) is 13.8 Å². The van der Waals surface area contributed by atoms with E-state index in [9.17, 15) is 4.79 Å². The van der Waals surface area contributed by atoms with Crippen LogP contribution < -0.4 is 9.80 Å². The normalized spacial score (nSPS) is 16.0. The largest absolute Gasteiger partial charge is 0.378 e. The van der Waals surface area contributed by atoms with Crippen molar-refractivity contribution >= 4 is 17.4 Å². The number of hydrogen-bond donors (Lipinski definition) is 0. The van der Waals surface area contributed by atoms with E-state index in [1.54, 1.807) is 6.92 Å². The molecular formula is C20H33N3O2. The van der Waals surface area contributed by atoms with Crippen LogP contribution >= 0.6 is 0 Å². The Morgan fingerprint density at radius 1 is 1.32 bits per heavy atom. The number of aromatic nitrogens is 1. The van der Waals surface area contributed by atoms with Gasteiger partial charge in [-0.15, -0.1) is 0 Å². The van der Waals surface area contributed by atoms with E-state index < -0.39 is 0 Å². The molecule has 0 aromatic carbocycles. The Kier molecular flexibility index (Phi) is 7.24. The quantitative estimate of drug-likeness (QED) is 0.703. The lowest BCUT2D eigenvalue weighted by molar-refractivity contribution is -0.117. The lowest BCUT2D eigenvalue weighted by Crippen LogP contribution is -2.39. The Bertz CT molecular complexity index is 559. The maximum Gasteiger partial charge on any atom is 0.224 e. The average Bonchev–Trinajstić information content (AvgIpc) is 2.58. The van der Waals surface area contributed by atoms with Gasteiger partial charge in [-0.05, 0) is 38.8 Å². The van der Waals surface area contributed by atoms with E-state index in [2.05, 4.69) is 31.7 Å². The monoisotopic (exact) mass is 347 g/mol. The van der Waals surface area contributed by atoms with Gasteiger partial charge in [0.25, 0.3) is 0 Å². The molecule has 0 radical (unpaired) electrons. The van der Waals surface area contributed by atoms with E-state index in [1.165, 1.54) is 12.8 Å². The summed E-state index contributed by atoms with van der Waals surface area (Å²) in [6.07, 6.45) is 4.58. The molecule has 5 heteroatoms. The minimum atomic E-state index is 0.0936. The Labute approximate surface area is 152 Å². The van der Waals surface area contributed by atoms with Crippen molar-refractivity contribution in [1.82, 2.24) is 4.98 Å². The number of hydrogen-bond acceptors (Lipinski definition) is 4. The molecule has 1 fully saturated rings. The van der Waals surface area contributed by atoms with E-state index in [1.807, 2.05) is 11.8 Å². The Balaban J connectivity index is 2.26. The first kappa shape index (κ1) is 19.7. The predicted molar refractivity (Wildman–Crippen MR) is 104 cm³/mol.